The van der Waals surface area contributed by atoms with Crippen molar-refractivity contribution in [3.63, 3.8) is 0 Å². The lowest BCUT2D eigenvalue weighted by Gasteiger charge is -2.18. The van der Waals surface area contributed by atoms with Crippen LogP contribution < -0.4 is 15.8 Å². The average Bonchev–Trinajstić information content (AvgIpc) is 2.38. The SMILES string of the molecule is Nc1cccc(-c2ccc3c(c2)OCC(=O)N3)c1. The van der Waals surface area contributed by atoms with Gasteiger partial charge in [0.1, 0.15) is 5.75 Å². The van der Waals surface area contributed by atoms with E-state index in [2.05, 4.69) is 5.32 Å². The van der Waals surface area contributed by atoms with Gasteiger partial charge in [-0.15, -0.1) is 0 Å². The van der Waals surface area contributed by atoms with Crippen molar-refractivity contribution < 1.29 is 9.53 Å². The quantitative estimate of drug-likeness (QED) is 0.751. The number of anilines is 2. The number of hydrogen-bond donors (Lipinski definition) is 2. The van der Waals surface area contributed by atoms with E-state index in [1.807, 2.05) is 42.5 Å². The first-order valence-electron chi connectivity index (χ1n) is 5.65. The van der Waals surface area contributed by atoms with Crippen molar-refractivity contribution in [1.29, 1.82) is 0 Å². The molecule has 0 fully saturated rings. The Hall–Kier alpha value is -2.49. The van der Waals surface area contributed by atoms with Crippen LogP contribution in [-0.2, 0) is 4.79 Å². The molecule has 0 aromatic heterocycles. The van der Waals surface area contributed by atoms with Crippen molar-refractivity contribution in [1.82, 2.24) is 0 Å². The molecule has 2 aromatic rings. The Kier molecular flexibility index (Phi) is 2.41. The van der Waals surface area contributed by atoms with E-state index >= 15 is 0 Å². The van der Waals surface area contributed by atoms with Crippen LogP contribution in [0.2, 0.25) is 0 Å². The molecule has 1 aliphatic rings. The number of nitrogens with one attached hydrogen (secondary N) is 1. The van der Waals surface area contributed by atoms with E-state index in [0.29, 0.717) is 11.4 Å². The zero-order chi connectivity index (χ0) is 12.5. The molecule has 1 amide bonds. The molecule has 0 saturated heterocycles. The lowest BCUT2D eigenvalue weighted by Crippen LogP contribution is -2.25. The van der Waals surface area contributed by atoms with E-state index in [0.717, 1.165) is 16.8 Å². The maximum absolute atomic E-state index is 11.2. The van der Waals surface area contributed by atoms with E-state index in [-0.39, 0.29) is 12.5 Å². The number of ether oxygens (including phenoxy) is 1. The number of nitrogen functional groups attached to an aromatic ring is 1. The molecule has 18 heavy (non-hydrogen) atoms. The predicted octanol–water partition coefficient (Wildman–Crippen LogP) is 2.27. The van der Waals surface area contributed by atoms with Gasteiger partial charge in [-0.1, -0.05) is 18.2 Å². The number of carbonyl (C=O) groups excluding carboxylic acids is 1. The van der Waals surface area contributed by atoms with Crippen LogP contribution in [0.4, 0.5) is 11.4 Å². The third-order valence-electron chi connectivity index (χ3n) is 2.83. The Balaban J connectivity index is 2.02. The fourth-order valence-corrected chi connectivity index (χ4v) is 1.97. The highest BCUT2D eigenvalue weighted by molar-refractivity contribution is 5.95. The highest BCUT2D eigenvalue weighted by Crippen LogP contribution is 2.33. The fourth-order valence-electron chi connectivity index (χ4n) is 1.97. The number of fused-ring (bicyclic) bond motifs is 1. The highest BCUT2D eigenvalue weighted by Gasteiger charge is 2.16. The second-order valence-electron chi connectivity index (χ2n) is 4.17. The van der Waals surface area contributed by atoms with E-state index in [1.165, 1.54) is 0 Å². The minimum atomic E-state index is -0.126. The Morgan fingerprint density at radius 2 is 1.94 bits per heavy atom. The summed E-state index contributed by atoms with van der Waals surface area (Å²) in [6.45, 7) is 0.0629. The normalized spacial score (nSPS) is 13.4. The second-order valence-corrected chi connectivity index (χ2v) is 4.17. The molecule has 0 spiro atoms. The van der Waals surface area contributed by atoms with Gasteiger partial charge in [0.05, 0.1) is 5.69 Å². The van der Waals surface area contributed by atoms with Crippen LogP contribution in [0.5, 0.6) is 5.75 Å². The molecule has 0 atom stereocenters. The molecule has 3 rings (SSSR count). The summed E-state index contributed by atoms with van der Waals surface area (Å²) in [5, 5.41) is 2.76. The van der Waals surface area contributed by atoms with E-state index in [1.54, 1.807) is 0 Å². The Morgan fingerprint density at radius 1 is 1.11 bits per heavy atom. The number of amides is 1. The van der Waals surface area contributed by atoms with Crippen LogP contribution in [0, 0.1) is 0 Å². The second kappa shape index (κ2) is 4.07. The van der Waals surface area contributed by atoms with Gasteiger partial charge in [-0.25, -0.2) is 0 Å². The Morgan fingerprint density at radius 3 is 2.78 bits per heavy atom. The lowest BCUT2D eigenvalue weighted by atomic mass is 10.0. The van der Waals surface area contributed by atoms with Crippen molar-refractivity contribution >= 4 is 17.3 Å². The van der Waals surface area contributed by atoms with Crippen LogP contribution in [-0.4, -0.2) is 12.5 Å². The summed E-state index contributed by atoms with van der Waals surface area (Å²) in [5.74, 6) is 0.564. The summed E-state index contributed by atoms with van der Waals surface area (Å²) >= 11 is 0. The van der Waals surface area contributed by atoms with Gasteiger partial charge in [-0.05, 0) is 35.4 Å². The van der Waals surface area contributed by atoms with Crippen LogP contribution in [0.15, 0.2) is 42.5 Å². The minimum Gasteiger partial charge on any atom is -0.482 e. The molecule has 2 aromatic carbocycles. The van der Waals surface area contributed by atoms with E-state index in [9.17, 15) is 4.79 Å². The highest BCUT2D eigenvalue weighted by atomic mass is 16.5. The van der Waals surface area contributed by atoms with E-state index in [4.69, 9.17) is 10.5 Å². The van der Waals surface area contributed by atoms with Gasteiger partial charge in [-0.2, -0.15) is 0 Å². The smallest absolute Gasteiger partial charge is 0.262 e. The maximum atomic E-state index is 11.2. The molecule has 0 radical (unpaired) electrons. The molecule has 1 heterocycles. The first-order chi connectivity index (χ1) is 8.72. The Labute approximate surface area is 104 Å². The molecule has 0 aliphatic carbocycles. The number of rotatable bonds is 1. The number of carbonyl (C=O) groups is 1. The molecule has 0 bridgehead atoms. The Bertz CT molecular complexity index is 623. The van der Waals surface area contributed by atoms with Gasteiger partial charge in [0.2, 0.25) is 0 Å². The first-order valence-corrected chi connectivity index (χ1v) is 5.65. The van der Waals surface area contributed by atoms with Crippen molar-refractivity contribution in [2.45, 2.75) is 0 Å². The zero-order valence-electron chi connectivity index (χ0n) is 9.64. The summed E-state index contributed by atoms with van der Waals surface area (Å²) < 4.78 is 5.38. The monoisotopic (exact) mass is 240 g/mol. The van der Waals surface area contributed by atoms with Gasteiger partial charge >= 0.3 is 0 Å². The molecule has 4 nitrogen and oxygen atoms in total. The standard InChI is InChI=1S/C14H12N2O2/c15-11-3-1-2-9(6-11)10-4-5-12-13(7-10)18-8-14(17)16-12/h1-7H,8,15H2,(H,16,17). The van der Waals surface area contributed by atoms with Crippen molar-refractivity contribution in [2.24, 2.45) is 0 Å². The zero-order valence-corrected chi connectivity index (χ0v) is 9.64. The van der Waals surface area contributed by atoms with Gasteiger partial charge in [0, 0.05) is 5.69 Å². The molecule has 3 N–H and O–H groups in total. The van der Waals surface area contributed by atoms with Gasteiger partial charge in [0.15, 0.2) is 6.61 Å². The number of benzene rings is 2. The summed E-state index contributed by atoms with van der Waals surface area (Å²) in [7, 11) is 0. The first kappa shape index (κ1) is 10.7. The topological polar surface area (TPSA) is 64.3 Å². The summed E-state index contributed by atoms with van der Waals surface area (Å²) in [4.78, 5) is 11.2. The van der Waals surface area contributed by atoms with Crippen LogP contribution in [0.1, 0.15) is 0 Å². The molecular weight excluding hydrogens is 228 g/mol. The molecule has 90 valence electrons. The summed E-state index contributed by atoms with van der Waals surface area (Å²) in [6, 6.07) is 13.3. The molecule has 4 heteroatoms. The predicted molar refractivity (Wildman–Crippen MR) is 70.4 cm³/mol. The molecule has 1 aliphatic heterocycles. The molecular formula is C14H12N2O2. The van der Waals surface area contributed by atoms with Gasteiger partial charge < -0.3 is 15.8 Å². The molecule has 0 unspecified atom stereocenters. The van der Waals surface area contributed by atoms with Crippen molar-refractivity contribution in [3.05, 3.63) is 42.5 Å². The van der Waals surface area contributed by atoms with Crippen LogP contribution in [0.25, 0.3) is 11.1 Å². The lowest BCUT2D eigenvalue weighted by molar-refractivity contribution is -0.118. The number of hydrogen-bond acceptors (Lipinski definition) is 3. The maximum Gasteiger partial charge on any atom is 0.262 e. The van der Waals surface area contributed by atoms with Crippen LogP contribution in [0.3, 0.4) is 0 Å². The third kappa shape index (κ3) is 1.88. The van der Waals surface area contributed by atoms with E-state index < -0.39 is 0 Å². The minimum absolute atomic E-state index is 0.0629. The summed E-state index contributed by atoms with van der Waals surface area (Å²) in [5.41, 5.74) is 9.23. The van der Waals surface area contributed by atoms with Gasteiger partial charge in [-0.3, -0.25) is 4.79 Å². The average molecular weight is 240 g/mol. The van der Waals surface area contributed by atoms with Crippen molar-refractivity contribution in [2.75, 3.05) is 17.7 Å². The number of nitrogens with two attached hydrogens (primary N) is 1. The van der Waals surface area contributed by atoms with Crippen LogP contribution >= 0.6 is 0 Å². The fraction of sp³-hybridized carbons (Fsp3) is 0.0714. The third-order valence-corrected chi connectivity index (χ3v) is 2.83. The molecule has 0 saturated carbocycles. The van der Waals surface area contributed by atoms with Gasteiger partial charge in [0.25, 0.3) is 5.91 Å². The summed E-state index contributed by atoms with van der Waals surface area (Å²) in [6.07, 6.45) is 0. The van der Waals surface area contributed by atoms with Crippen molar-refractivity contribution in [3.8, 4) is 16.9 Å². The largest absolute Gasteiger partial charge is 0.482 e.